The van der Waals surface area contributed by atoms with Crippen LogP contribution in [-0.4, -0.2) is 16.9 Å². The normalized spacial score (nSPS) is 9.85. The lowest BCUT2D eigenvalue weighted by atomic mass is 10.3. The van der Waals surface area contributed by atoms with Crippen molar-refractivity contribution >= 4 is 34.1 Å². The summed E-state index contributed by atoms with van der Waals surface area (Å²) in [5, 5.41) is 7.37. The van der Waals surface area contributed by atoms with Gasteiger partial charge in [-0.3, -0.25) is 15.5 Å². The molecule has 0 aliphatic heterocycles. The first-order valence-corrected chi connectivity index (χ1v) is 6.62. The minimum atomic E-state index is -0.389. The summed E-state index contributed by atoms with van der Waals surface area (Å²) in [6.07, 6.45) is 0.0784. The summed E-state index contributed by atoms with van der Waals surface area (Å²) in [4.78, 5) is 26.9. The smallest absolute Gasteiger partial charge is 0.308 e. The Balaban J connectivity index is 1.90. The van der Waals surface area contributed by atoms with Crippen LogP contribution in [0.25, 0.3) is 0 Å². The second-order valence-electron chi connectivity index (χ2n) is 3.83. The molecule has 0 saturated heterocycles. The fraction of sp³-hybridized carbons (Fsp3) is 0.0833. The van der Waals surface area contributed by atoms with Crippen molar-refractivity contribution in [3.05, 3.63) is 41.4 Å². The maximum atomic E-state index is 11.7. The van der Waals surface area contributed by atoms with Crippen molar-refractivity contribution in [3.8, 4) is 0 Å². The van der Waals surface area contributed by atoms with E-state index in [9.17, 15) is 9.59 Å². The number of hydrazine groups is 1. The highest BCUT2D eigenvalue weighted by Gasteiger charge is 2.09. The van der Waals surface area contributed by atoms with Gasteiger partial charge in [0.25, 0.3) is 0 Å². The van der Waals surface area contributed by atoms with Crippen molar-refractivity contribution in [1.29, 1.82) is 0 Å². The van der Waals surface area contributed by atoms with Crippen molar-refractivity contribution < 1.29 is 9.59 Å². The molecule has 2 aromatic rings. The van der Waals surface area contributed by atoms with E-state index in [2.05, 4.69) is 15.6 Å². The van der Waals surface area contributed by atoms with Crippen LogP contribution in [-0.2, 0) is 11.2 Å². The molecule has 104 valence electrons. The van der Waals surface area contributed by atoms with Crippen molar-refractivity contribution in [2.24, 2.45) is 5.84 Å². The molecule has 1 aromatic carbocycles. The predicted octanol–water partition coefficient (Wildman–Crippen LogP) is 1.32. The number of hydrogen-bond acceptors (Lipinski definition) is 5. The van der Waals surface area contributed by atoms with Gasteiger partial charge in [0.15, 0.2) is 5.13 Å². The minimum Gasteiger partial charge on any atom is -0.308 e. The molecular formula is C12H13N5O2S. The molecule has 3 amide bonds. The van der Waals surface area contributed by atoms with E-state index in [-0.39, 0.29) is 18.4 Å². The second kappa shape index (κ2) is 6.64. The molecule has 0 saturated carbocycles. The van der Waals surface area contributed by atoms with E-state index in [0.717, 1.165) is 0 Å². The van der Waals surface area contributed by atoms with Crippen LogP contribution in [0.3, 0.4) is 0 Å². The van der Waals surface area contributed by atoms with E-state index in [1.54, 1.807) is 17.5 Å². The summed E-state index contributed by atoms with van der Waals surface area (Å²) in [6, 6.07) is 8.67. The molecule has 8 heteroatoms. The van der Waals surface area contributed by atoms with E-state index in [4.69, 9.17) is 5.84 Å². The lowest BCUT2D eigenvalue weighted by molar-refractivity contribution is -0.120. The Kier molecular flexibility index (Phi) is 4.64. The standard InChI is InChI=1S/C12H13N5O2S/c13-17-10(18)6-9-7-20-12(15-9)16-11(19)14-8-4-2-1-3-5-8/h1-5,7H,6,13H2,(H,17,18)(H2,14,15,16,19). The number of hydrogen-bond donors (Lipinski definition) is 4. The van der Waals surface area contributed by atoms with Gasteiger partial charge in [0, 0.05) is 11.1 Å². The van der Waals surface area contributed by atoms with E-state index in [1.807, 2.05) is 23.6 Å². The average Bonchev–Trinajstić information content (AvgIpc) is 2.86. The number of carbonyl (C=O) groups excluding carboxylic acids is 2. The lowest BCUT2D eigenvalue weighted by Gasteiger charge is -2.04. The molecule has 0 radical (unpaired) electrons. The molecule has 5 N–H and O–H groups in total. The second-order valence-corrected chi connectivity index (χ2v) is 4.69. The van der Waals surface area contributed by atoms with Crippen molar-refractivity contribution in [2.75, 3.05) is 10.6 Å². The number of thiazole rings is 1. The number of nitrogens with one attached hydrogen (secondary N) is 3. The van der Waals surface area contributed by atoms with Gasteiger partial charge < -0.3 is 5.32 Å². The van der Waals surface area contributed by atoms with Crippen LogP contribution < -0.4 is 21.9 Å². The third kappa shape index (κ3) is 4.04. The molecule has 0 aliphatic rings. The molecule has 0 unspecified atom stereocenters. The van der Waals surface area contributed by atoms with Gasteiger partial charge in [-0.05, 0) is 12.1 Å². The van der Waals surface area contributed by atoms with E-state index in [0.29, 0.717) is 16.5 Å². The first kappa shape index (κ1) is 14.0. The Morgan fingerprint density at radius 3 is 2.65 bits per heavy atom. The maximum absolute atomic E-state index is 11.7. The molecule has 0 spiro atoms. The van der Waals surface area contributed by atoms with Crippen LogP contribution in [0, 0.1) is 0 Å². The van der Waals surface area contributed by atoms with E-state index >= 15 is 0 Å². The number of urea groups is 1. The van der Waals surface area contributed by atoms with Crippen LogP contribution in [0.15, 0.2) is 35.7 Å². The Morgan fingerprint density at radius 2 is 1.95 bits per heavy atom. The van der Waals surface area contributed by atoms with Crippen molar-refractivity contribution in [1.82, 2.24) is 10.4 Å². The van der Waals surface area contributed by atoms with Gasteiger partial charge in [0.2, 0.25) is 5.91 Å². The maximum Gasteiger partial charge on any atom is 0.325 e. The zero-order valence-corrected chi connectivity index (χ0v) is 11.2. The average molecular weight is 291 g/mol. The molecular weight excluding hydrogens is 278 g/mol. The Bertz CT molecular complexity index is 599. The third-order valence-corrected chi connectivity index (χ3v) is 3.11. The summed E-state index contributed by atoms with van der Waals surface area (Å²) in [6.45, 7) is 0. The molecule has 0 bridgehead atoms. The molecule has 0 fully saturated rings. The highest BCUT2D eigenvalue weighted by molar-refractivity contribution is 7.13. The van der Waals surface area contributed by atoms with E-state index in [1.165, 1.54) is 11.3 Å². The van der Waals surface area contributed by atoms with Gasteiger partial charge in [0.1, 0.15) is 0 Å². The van der Waals surface area contributed by atoms with Gasteiger partial charge in [-0.15, -0.1) is 11.3 Å². The minimum absolute atomic E-state index is 0.0784. The summed E-state index contributed by atoms with van der Waals surface area (Å²) in [7, 11) is 0. The first-order chi connectivity index (χ1) is 9.67. The van der Waals surface area contributed by atoms with Crippen LogP contribution >= 0.6 is 11.3 Å². The summed E-state index contributed by atoms with van der Waals surface area (Å²) >= 11 is 1.24. The van der Waals surface area contributed by atoms with Gasteiger partial charge in [-0.1, -0.05) is 18.2 Å². The molecule has 2 rings (SSSR count). The fourth-order valence-corrected chi connectivity index (χ4v) is 2.15. The Hall–Kier alpha value is -2.45. The van der Waals surface area contributed by atoms with Crippen molar-refractivity contribution in [2.45, 2.75) is 6.42 Å². The lowest BCUT2D eigenvalue weighted by Crippen LogP contribution is -2.31. The fourth-order valence-electron chi connectivity index (χ4n) is 1.44. The van der Waals surface area contributed by atoms with E-state index < -0.39 is 0 Å². The third-order valence-electron chi connectivity index (χ3n) is 2.31. The zero-order valence-electron chi connectivity index (χ0n) is 10.4. The van der Waals surface area contributed by atoms with Gasteiger partial charge in [0.05, 0.1) is 12.1 Å². The highest BCUT2D eigenvalue weighted by Crippen LogP contribution is 2.16. The number of nitrogens with two attached hydrogens (primary N) is 1. The Labute approximate surface area is 119 Å². The number of amides is 3. The van der Waals surface area contributed by atoms with Gasteiger partial charge in [-0.2, -0.15) is 0 Å². The van der Waals surface area contributed by atoms with Crippen LogP contribution in [0.4, 0.5) is 15.6 Å². The SMILES string of the molecule is NNC(=O)Cc1csc(NC(=O)Nc2ccccc2)n1. The first-order valence-electron chi connectivity index (χ1n) is 5.74. The summed E-state index contributed by atoms with van der Waals surface area (Å²) < 4.78 is 0. The van der Waals surface area contributed by atoms with Crippen LogP contribution in [0.2, 0.25) is 0 Å². The molecule has 1 heterocycles. The van der Waals surface area contributed by atoms with Gasteiger partial charge >= 0.3 is 6.03 Å². The summed E-state index contributed by atoms with van der Waals surface area (Å²) in [5.41, 5.74) is 3.26. The quantitative estimate of drug-likeness (QED) is 0.387. The highest BCUT2D eigenvalue weighted by atomic mass is 32.1. The molecule has 20 heavy (non-hydrogen) atoms. The predicted molar refractivity (Wildman–Crippen MR) is 77.2 cm³/mol. The summed E-state index contributed by atoms with van der Waals surface area (Å²) in [5.74, 6) is 4.65. The number of aromatic nitrogens is 1. The largest absolute Gasteiger partial charge is 0.325 e. The number of rotatable bonds is 4. The topological polar surface area (TPSA) is 109 Å². The number of nitrogens with zero attached hydrogens (tertiary/aromatic N) is 1. The molecule has 0 aliphatic carbocycles. The monoisotopic (exact) mass is 291 g/mol. The van der Waals surface area contributed by atoms with Gasteiger partial charge in [-0.25, -0.2) is 15.6 Å². The zero-order chi connectivity index (χ0) is 14.4. The molecule has 1 aromatic heterocycles. The molecule has 0 atom stereocenters. The van der Waals surface area contributed by atoms with Crippen molar-refractivity contribution in [3.63, 3.8) is 0 Å². The Morgan fingerprint density at radius 1 is 1.20 bits per heavy atom. The number of para-hydroxylation sites is 1. The molecule has 7 nitrogen and oxygen atoms in total. The number of carbonyl (C=O) groups is 2. The van der Waals surface area contributed by atoms with Crippen LogP contribution in [0.5, 0.6) is 0 Å². The number of benzene rings is 1. The number of anilines is 2. The van der Waals surface area contributed by atoms with Crippen LogP contribution in [0.1, 0.15) is 5.69 Å².